The minimum Gasteiger partial charge on any atom is -0.423 e. The lowest BCUT2D eigenvalue weighted by Gasteiger charge is -2.23. The summed E-state index contributed by atoms with van der Waals surface area (Å²) in [5.41, 5.74) is 0. The Morgan fingerprint density at radius 3 is 1.64 bits per heavy atom. The quantitative estimate of drug-likeness (QED) is 0.624. The lowest BCUT2D eigenvalue weighted by atomic mass is 10.1. The molecule has 0 saturated carbocycles. The van der Waals surface area contributed by atoms with Gasteiger partial charge in [-0.15, -0.1) is 0 Å². The van der Waals surface area contributed by atoms with Gasteiger partial charge >= 0.3 is 12.0 Å². The maximum atomic E-state index is 12.3. The highest BCUT2D eigenvalue weighted by Gasteiger charge is 2.41. The van der Waals surface area contributed by atoms with Crippen LogP contribution in [0.3, 0.4) is 0 Å². The van der Waals surface area contributed by atoms with Crippen molar-refractivity contribution in [2.75, 3.05) is 0 Å². The molecule has 0 unspecified atom stereocenters. The van der Waals surface area contributed by atoms with Gasteiger partial charge in [-0.25, -0.2) is 0 Å². The maximum Gasteiger partial charge on any atom is 0.350 e. The van der Waals surface area contributed by atoms with Crippen molar-refractivity contribution < 1.29 is 18.3 Å². The highest BCUT2D eigenvalue weighted by molar-refractivity contribution is 4.94. The molecule has 0 amide bonds. The predicted octanol–water partition coefficient (Wildman–Crippen LogP) is 2.62. The van der Waals surface area contributed by atoms with Crippen molar-refractivity contribution in [1.82, 2.24) is 0 Å². The summed E-state index contributed by atoms with van der Waals surface area (Å²) in [6.07, 6.45) is 0.842. The van der Waals surface area contributed by atoms with Gasteiger partial charge in [0.25, 0.3) is 5.79 Å². The normalized spacial score (nSPS) is 21.5. The zero-order valence-electron chi connectivity index (χ0n) is 6.49. The van der Waals surface area contributed by atoms with Gasteiger partial charge in [-0.1, -0.05) is 13.8 Å². The molecule has 0 fully saturated rings. The van der Waals surface area contributed by atoms with E-state index in [1.807, 2.05) is 0 Å². The van der Waals surface area contributed by atoms with Crippen LogP contribution >= 0.6 is 0 Å². The molecule has 0 aromatic rings. The average Bonchev–Trinajstić information content (AvgIpc) is 2.29. The molecule has 1 rings (SSSR count). The van der Waals surface area contributed by atoms with Crippen LogP contribution in [0.5, 0.6) is 0 Å². The Labute approximate surface area is 63.8 Å². The molecule has 0 bridgehead atoms. The van der Waals surface area contributed by atoms with Crippen LogP contribution < -0.4 is 0 Å². The van der Waals surface area contributed by atoms with Gasteiger partial charge in [0.15, 0.2) is 0 Å². The van der Waals surface area contributed by atoms with E-state index in [0.717, 1.165) is 0 Å². The second kappa shape index (κ2) is 2.68. The molecule has 0 atom stereocenters. The van der Waals surface area contributed by atoms with Crippen molar-refractivity contribution in [2.24, 2.45) is 0 Å². The van der Waals surface area contributed by atoms with E-state index >= 15 is 0 Å². The van der Waals surface area contributed by atoms with Crippen molar-refractivity contribution in [2.45, 2.75) is 32.5 Å². The standard InChI is InChI=1S/C7H10F2O2/c1-3-7(4-2)10-5(8)6(9)11-7/h3-4H2,1-2H3. The fourth-order valence-electron chi connectivity index (χ4n) is 0.966. The zero-order chi connectivity index (χ0) is 8.48. The molecule has 0 aliphatic carbocycles. The first kappa shape index (κ1) is 8.30. The number of ether oxygens (including phenoxy) is 2. The van der Waals surface area contributed by atoms with Crippen LogP contribution in [0.2, 0.25) is 0 Å². The SMILES string of the molecule is CCC1(CC)OC(F)=C(F)O1. The first-order valence-electron chi connectivity index (χ1n) is 3.57. The van der Waals surface area contributed by atoms with Gasteiger partial charge in [0.1, 0.15) is 0 Å². The molecule has 0 spiro atoms. The highest BCUT2D eigenvalue weighted by Crippen LogP contribution is 2.36. The summed E-state index contributed by atoms with van der Waals surface area (Å²) in [7, 11) is 0. The van der Waals surface area contributed by atoms with Crippen LogP contribution in [0, 0.1) is 0 Å². The molecule has 0 N–H and O–H groups in total. The Kier molecular flexibility index (Phi) is 2.02. The molecule has 0 radical (unpaired) electrons. The number of hydrogen-bond donors (Lipinski definition) is 0. The van der Waals surface area contributed by atoms with E-state index in [2.05, 4.69) is 9.47 Å². The first-order valence-corrected chi connectivity index (χ1v) is 3.57. The maximum absolute atomic E-state index is 12.3. The second-order valence-electron chi connectivity index (χ2n) is 2.37. The Morgan fingerprint density at radius 2 is 1.45 bits per heavy atom. The second-order valence-corrected chi connectivity index (χ2v) is 2.37. The smallest absolute Gasteiger partial charge is 0.350 e. The van der Waals surface area contributed by atoms with Crippen molar-refractivity contribution in [3.8, 4) is 0 Å². The van der Waals surface area contributed by atoms with Crippen molar-refractivity contribution in [3.05, 3.63) is 12.0 Å². The van der Waals surface area contributed by atoms with Crippen LogP contribution in [-0.4, -0.2) is 5.79 Å². The number of rotatable bonds is 2. The van der Waals surface area contributed by atoms with Crippen LogP contribution in [-0.2, 0) is 9.47 Å². The Bertz CT molecular complexity index is 169. The number of halogens is 2. The largest absolute Gasteiger partial charge is 0.423 e. The summed E-state index contributed by atoms with van der Waals surface area (Å²) < 4.78 is 33.8. The third-order valence-corrected chi connectivity index (χ3v) is 1.78. The summed E-state index contributed by atoms with van der Waals surface area (Å²) in [6.45, 7) is 3.49. The molecule has 64 valence electrons. The topological polar surface area (TPSA) is 18.5 Å². The monoisotopic (exact) mass is 164 g/mol. The zero-order valence-corrected chi connectivity index (χ0v) is 6.49. The summed E-state index contributed by atoms with van der Waals surface area (Å²) in [6, 6.07) is -2.48. The van der Waals surface area contributed by atoms with Gasteiger partial charge in [-0.05, 0) is 0 Å². The molecule has 1 aliphatic rings. The van der Waals surface area contributed by atoms with E-state index < -0.39 is 17.8 Å². The van der Waals surface area contributed by atoms with E-state index in [9.17, 15) is 8.78 Å². The predicted molar refractivity (Wildman–Crippen MR) is 34.7 cm³/mol. The van der Waals surface area contributed by atoms with Gasteiger partial charge in [0.2, 0.25) is 0 Å². The molecule has 1 heterocycles. The summed E-state index contributed by atoms with van der Waals surface area (Å²) >= 11 is 0. The molecule has 1 aliphatic heterocycles. The van der Waals surface area contributed by atoms with E-state index in [1.54, 1.807) is 13.8 Å². The van der Waals surface area contributed by atoms with Gasteiger partial charge in [0, 0.05) is 12.8 Å². The minimum atomic E-state index is -1.24. The molecular formula is C7H10F2O2. The minimum absolute atomic E-state index is 0.421. The Hall–Kier alpha value is -0.800. The van der Waals surface area contributed by atoms with Crippen molar-refractivity contribution in [1.29, 1.82) is 0 Å². The van der Waals surface area contributed by atoms with E-state index in [1.165, 1.54) is 0 Å². The van der Waals surface area contributed by atoms with Crippen LogP contribution in [0.4, 0.5) is 8.78 Å². The number of hydrogen-bond acceptors (Lipinski definition) is 2. The van der Waals surface area contributed by atoms with Crippen LogP contribution in [0.1, 0.15) is 26.7 Å². The molecule has 0 aromatic carbocycles. The molecule has 2 nitrogen and oxygen atoms in total. The van der Waals surface area contributed by atoms with Crippen LogP contribution in [0.15, 0.2) is 12.0 Å². The molecule has 0 aromatic heterocycles. The first-order chi connectivity index (χ1) is 5.13. The fourth-order valence-corrected chi connectivity index (χ4v) is 0.966. The van der Waals surface area contributed by atoms with Gasteiger partial charge < -0.3 is 9.47 Å². The average molecular weight is 164 g/mol. The van der Waals surface area contributed by atoms with Gasteiger partial charge in [-0.2, -0.15) is 8.78 Å². The van der Waals surface area contributed by atoms with E-state index in [4.69, 9.17) is 0 Å². The van der Waals surface area contributed by atoms with Gasteiger partial charge in [-0.3, -0.25) is 0 Å². The highest BCUT2D eigenvalue weighted by atomic mass is 19.2. The molecule has 0 saturated heterocycles. The summed E-state index contributed by atoms with van der Waals surface area (Å²) in [4.78, 5) is 0. The van der Waals surface area contributed by atoms with Crippen LogP contribution in [0.25, 0.3) is 0 Å². The lowest BCUT2D eigenvalue weighted by Crippen LogP contribution is -2.28. The third kappa shape index (κ3) is 1.29. The molecule has 4 heteroatoms. The Balaban J connectivity index is 2.69. The third-order valence-electron chi connectivity index (χ3n) is 1.78. The van der Waals surface area contributed by atoms with Crippen molar-refractivity contribution in [3.63, 3.8) is 0 Å². The summed E-state index contributed by atoms with van der Waals surface area (Å²) in [5.74, 6) is -1.10. The van der Waals surface area contributed by atoms with Crippen molar-refractivity contribution >= 4 is 0 Å². The summed E-state index contributed by atoms with van der Waals surface area (Å²) in [5, 5.41) is 0. The van der Waals surface area contributed by atoms with Gasteiger partial charge in [0.05, 0.1) is 0 Å². The lowest BCUT2D eigenvalue weighted by molar-refractivity contribution is -0.172. The molecular weight excluding hydrogens is 154 g/mol. The van der Waals surface area contributed by atoms with E-state index in [0.29, 0.717) is 12.8 Å². The van der Waals surface area contributed by atoms with E-state index in [-0.39, 0.29) is 0 Å². The Morgan fingerprint density at radius 1 is 1.09 bits per heavy atom. The molecule has 11 heavy (non-hydrogen) atoms. The fraction of sp³-hybridized carbons (Fsp3) is 0.714.